The molecule has 2 bridgehead atoms. The maximum absolute atomic E-state index is 2.54. The number of hydrogen-bond donors (Lipinski definition) is 0. The molecule has 27 heavy (non-hydrogen) atoms. The van der Waals surface area contributed by atoms with Gasteiger partial charge in [-0.2, -0.15) is 0 Å². The molecule has 0 N–H and O–H groups in total. The average molecular weight is 363 g/mol. The van der Waals surface area contributed by atoms with Gasteiger partial charge in [0.15, 0.2) is 6.20 Å². The number of aromatic nitrogens is 1. The van der Waals surface area contributed by atoms with E-state index in [-0.39, 0.29) is 0 Å². The molecule has 1 saturated carbocycles. The molecule has 1 fully saturated rings. The van der Waals surface area contributed by atoms with Crippen molar-refractivity contribution in [2.75, 3.05) is 0 Å². The molecule has 1 heterocycles. The lowest BCUT2D eigenvalue weighted by atomic mass is 9.52. The summed E-state index contributed by atoms with van der Waals surface area (Å²) in [4.78, 5) is 0. The summed E-state index contributed by atoms with van der Waals surface area (Å²) >= 11 is 0. The second kappa shape index (κ2) is 5.93. The number of nitrogens with zero attached hydrogens (tertiary/aromatic N) is 1. The number of rotatable bonds is 2. The van der Waals surface area contributed by atoms with E-state index in [1.54, 1.807) is 11.1 Å². The highest BCUT2D eigenvalue weighted by Gasteiger charge is 2.47. The van der Waals surface area contributed by atoms with Crippen LogP contribution < -0.4 is 4.57 Å². The summed E-state index contributed by atoms with van der Waals surface area (Å²) in [6.45, 7) is 14.2. The normalized spacial score (nSPS) is 26.9. The molecule has 3 aliphatic carbocycles. The van der Waals surface area contributed by atoms with Crippen LogP contribution in [0.2, 0.25) is 0 Å². The van der Waals surface area contributed by atoms with Gasteiger partial charge in [0, 0.05) is 17.2 Å². The molecule has 0 aliphatic heterocycles. The van der Waals surface area contributed by atoms with Gasteiger partial charge in [0.2, 0.25) is 5.69 Å². The van der Waals surface area contributed by atoms with Crippen molar-refractivity contribution in [3.05, 3.63) is 52.7 Å². The third-order valence-corrected chi connectivity index (χ3v) is 7.33. The van der Waals surface area contributed by atoms with Crippen molar-refractivity contribution >= 4 is 0 Å². The van der Waals surface area contributed by atoms with Crippen LogP contribution in [-0.4, -0.2) is 0 Å². The molecule has 0 saturated heterocycles. The summed E-state index contributed by atoms with van der Waals surface area (Å²) in [7, 11) is 2.20. The highest BCUT2D eigenvalue weighted by Crippen LogP contribution is 2.57. The number of hydrogen-bond acceptors (Lipinski definition) is 0. The van der Waals surface area contributed by atoms with Crippen molar-refractivity contribution in [2.24, 2.45) is 12.5 Å². The maximum Gasteiger partial charge on any atom is 0.212 e. The monoisotopic (exact) mass is 362 g/mol. The van der Waals surface area contributed by atoms with E-state index in [1.807, 2.05) is 0 Å². The van der Waals surface area contributed by atoms with Gasteiger partial charge in [0.05, 0.1) is 0 Å². The minimum absolute atomic E-state index is 0.319. The first-order valence-corrected chi connectivity index (χ1v) is 10.7. The predicted molar refractivity (Wildman–Crippen MR) is 114 cm³/mol. The zero-order valence-corrected chi connectivity index (χ0v) is 18.4. The Kier molecular flexibility index (Phi) is 4.11. The van der Waals surface area contributed by atoms with Gasteiger partial charge in [-0.05, 0) is 84.1 Å². The third-order valence-electron chi connectivity index (χ3n) is 7.33. The first kappa shape index (κ1) is 18.7. The van der Waals surface area contributed by atoms with Crippen molar-refractivity contribution in [1.82, 2.24) is 0 Å². The maximum atomic E-state index is 2.54. The average Bonchev–Trinajstić information content (AvgIpc) is 2.56. The van der Waals surface area contributed by atoms with Crippen LogP contribution >= 0.6 is 0 Å². The topological polar surface area (TPSA) is 3.88 Å². The van der Waals surface area contributed by atoms with Crippen molar-refractivity contribution in [3.63, 3.8) is 0 Å². The lowest BCUT2D eigenvalue weighted by Crippen LogP contribution is -2.44. The summed E-state index contributed by atoms with van der Waals surface area (Å²) in [5.74, 6) is 0. The molecule has 0 radical (unpaired) electrons. The standard InChI is InChI=1S/C26H36N/c1-18-14-21-22(26(6)12-10-25(21,5)11-13-26)15-20(18)23-9-8-19(17-27(23)7)16-24(2,3)4/h8-9,14-15,17H,10-13,16H2,1-7H3/q+1. The van der Waals surface area contributed by atoms with Crippen molar-refractivity contribution < 1.29 is 4.57 Å². The lowest BCUT2D eigenvalue weighted by molar-refractivity contribution is -0.660. The Morgan fingerprint density at radius 1 is 0.926 bits per heavy atom. The fraction of sp³-hybridized carbons (Fsp3) is 0.577. The molecule has 1 aromatic carbocycles. The summed E-state index contributed by atoms with van der Waals surface area (Å²) in [5, 5.41) is 0. The quantitative estimate of drug-likeness (QED) is 0.562. The molecule has 1 heteroatoms. The van der Waals surface area contributed by atoms with Crippen LogP contribution in [0.15, 0.2) is 30.5 Å². The summed E-state index contributed by atoms with van der Waals surface area (Å²) in [6, 6.07) is 9.72. The minimum atomic E-state index is 0.319. The molecule has 0 amide bonds. The Morgan fingerprint density at radius 2 is 1.48 bits per heavy atom. The van der Waals surface area contributed by atoms with E-state index >= 15 is 0 Å². The largest absolute Gasteiger partial charge is 0.212 e. The number of pyridine rings is 1. The van der Waals surface area contributed by atoms with E-state index < -0.39 is 0 Å². The van der Waals surface area contributed by atoms with Crippen molar-refractivity contribution in [3.8, 4) is 11.3 Å². The van der Waals surface area contributed by atoms with Gasteiger partial charge in [-0.1, -0.05) is 40.7 Å². The smallest absolute Gasteiger partial charge is 0.201 e. The van der Waals surface area contributed by atoms with Gasteiger partial charge < -0.3 is 0 Å². The fourth-order valence-electron chi connectivity index (χ4n) is 5.54. The Labute approximate surface area is 165 Å². The molecule has 144 valence electrons. The van der Waals surface area contributed by atoms with E-state index in [1.165, 1.54) is 48.1 Å². The van der Waals surface area contributed by atoms with Crippen LogP contribution in [0, 0.1) is 12.3 Å². The highest BCUT2D eigenvalue weighted by atomic mass is 14.9. The SMILES string of the molecule is Cc1cc2c(cc1-c1ccc(CC(C)(C)C)c[n+]1C)C1(C)CCC2(C)CC1. The summed E-state index contributed by atoms with van der Waals surface area (Å²) in [5.41, 5.74) is 9.94. The van der Waals surface area contributed by atoms with Crippen LogP contribution in [0.1, 0.15) is 82.6 Å². The van der Waals surface area contributed by atoms with Crippen LogP contribution in [0.25, 0.3) is 11.3 Å². The van der Waals surface area contributed by atoms with E-state index in [9.17, 15) is 0 Å². The van der Waals surface area contributed by atoms with Gasteiger partial charge >= 0.3 is 0 Å². The van der Waals surface area contributed by atoms with E-state index in [2.05, 4.69) is 83.6 Å². The number of benzene rings is 1. The van der Waals surface area contributed by atoms with Gasteiger partial charge in [0.1, 0.15) is 7.05 Å². The zero-order valence-electron chi connectivity index (χ0n) is 18.4. The van der Waals surface area contributed by atoms with Crippen LogP contribution in [0.4, 0.5) is 0 Å². The molecule has 1 aromatic heterocycles. The highest BCUT2D eigenvalue weighted by molar-refractivity contribution is 5.66. The Hall–Kier alpha value is -1.63. The van der Waals surface area contributed by atoms with Crippen molar-refractivity contribution in [1.29, 1.82) is 0 Å². The minimum Gasteiger partial charge on any atom is -0.201 e. The van der Waals surface area contributed by atoms with Crippen LogP contribution in [-0.2, 0) is 24.3 Å². The Bertz CT molecular complexity index is 889. The van der Waals surface area contributed by atoms with E-state index in [4.69, 9.17) is 0 Å². The number of aryl methyl sites for hydroxylation is 2. The van der Waals surface area contributed by atoms with E-state index in [0.717, 1.165) is 6.42 Å². The molecule has 0 unspecified atom stereocenters. The second-order valence-corrected chi connectivity index (χ2v) is 11.1. The van der Waals surface area contributed by atoms with Crippen LogP contribution in [0.3, 0.4) is 0 Å². The fourth-order valence-corrected chi connectivity index (χ4v) is 5.54. The molecule has 0 atom stereocenters. The molecule has 0 spiro atoms. The van der Waals surface area contributed by atoms with Crippen molar-refractivity contribution in [2.45, 2.75) is 84.5 Å². The van der Waals surface area contributed by atoms with Gasteiger partial charge in [-0.25, -0.2) is 4.57 Å². The third kappa shape index (κ3) is 3.13. The summed E-state index contributed by atoms with van der Waals surface area (Å²) < 4.78 is 2.33. The second-order valence-electron chi connectivity index (χ2n) is 11.1. The van der Waals surface area contributed by atoms with Gasteiger partial charge in [0.25, 0.3) is 0 Å². The van der Waals surface area contributed by atoms with Gasteiger partial charge in [-0.3, -0.25) is 0 Å². The first-order chi connectivity index (χ1) is 12.5. The Balaban J connectivity index is 1.80. The summed E-state index contributed by atoms with van der Waals surface area (Å²) in [6.07, 6.45) is 8.83. The molecule has 2 aromatic rings. The van der Waals surface area contributed by atoms with E-state index in [0.29, 0.717) is 16.2 Å². The number of fused-ring (bicyclic) bond motifs is 2. The lowest BCUT2D eigenvalue weighted by Gasteiger charge is -2.52. The molecule has 5 rings (SSSR count). The predicted octanol–water partition coefficient (Wildman–Crippen LogP) is 6.18. The zero-order chi connectivity index (χ0) is 19.6. The first-order valence-electron chi connectivity index (χ1n) is 10.7. The Morgan fingerprint density at radius 3 is 2.00 bits per heavy atom. The molecule has 3 aliphatic rings. The molecule has 1 nitrogen and oxygen atoms in total. The van der Waals surface area contributed by atoms with Gasteiger partial charge in [-0.15, -0.1) is 0 Å². The van der Waals surface area contributed by atoms with Crippen LogP contribution in [0.5, 0.6) is 0 Å². The molecular weight excluding hydrogens is 326 g/mol. The molecular formula is C26H36N+.